The highest BCUT2D eigenvalue weighted by Gasteiger charge is 2.06. The van der Waals surface area contributed by atoms with Crippen LogP contribution in [0.4, 0.5) is 0 Å². The van der Waals surface area contributed by atoms with E-state index in [2.05, 4.69) is 10.1 Å². The van der Waals surface area contributed by atoms with Gasteiger partial charge in [-0.3, -0.25) is 4.98 Å². The Hall–Kier alpha value is -2.42. The van der Waals surface area contributed by atoms with Crippen molar-refractivity contribution in [1.29, 1.82) is 0 Å². The molecule has 0 saturated carbocycles. The Morgan fingerprint density at radius 3 is 2.32 bits per heavy atom. The molecule has 0 unspecified atom stereocenters. The lowest BCUT2D eigenvalue weighted by molar-refractivity contribution is 0.319. The van der Waals surface area contributed by atoms with Crippen molar-refractivity contribution in [2.24, 2.45) is 5.16 Å². The van der Waals surface area contributed by atoms with Gasteiger partial charge in [0.25, 0.3) is 0 Å². The van der Waals surface area contributed by atoms with Crippen LogP contribution in [-0.2, 0) is 0 Å². The van der Waals surface area contributed by atoms with Gasteiger partial charge in [0, 0.05) is 18.0 Å². The Balaban J connectivity index is 2.48. The summed E-state index contributed by atoms with van der Waals surface area (Å²) in [6.07, 6.45) is 5.47. The molecule has 0 atom stereocenters. The van der Waals surface area contributed by atoms with E-state index in [1.165, 1.54) is 5.56 Å². The van der Waals surface area contributed by atoms with Crippen LogP contribution in [0.5, 0.6) is 0 Å². The lowest BCUT2D eigenvalue weighted by Gasteiger charge is -2.07. The molecule has 1 aromatic carbocycles. The van der Waals surface area contributed by atoms with Gasteiger partial charge in [0.15, 0.2) is 0 Å². The second kappa shape index (κ2) is 5.96. The molecule has 0 aliphatic heterocycles. The van der Waals surface area contributed by atoms with Gasteiger partial charge in [0.1, 0.15) is 0 Å². The largest absolute Gasteiger partial charge is 0.411 e. The monoisotopic (exact) mass is 252 g/mol. The van der Waals surface area contributed by atoms with Gasteiger partial charge < -0.3 is 5.21 Å². The van der Waals surface area contributed by atoms with E-state index in [0.717, 1.165) is 16.7 Å². The zero-order valence-electron chi connectivity index (χ0n) is 11.0. The molecule has 0 radical (unpaired) electrons. The van der Waals surface area contributed by atoms with Crippen LogP contribution in [0.2, 0.25) is 0 Å². The predicted octanol–water partition coefficient (Wildman–Crippen LogP) is 3.78. The van der Waals surface area contributed by atoms with Crippen LogP contribution in [0.1, 0.15) is 23.6 Å². The second-order valence-electron chi connectivity index (χ2n) is 4.39. The third kappa shape index (κ3) is 3.28. The van der Waals surface area contributed by atoms with Gasteiger partial charge in [-0.05, 0) is 43.2 Å². The molecule has 19 heavy (non-hydrogen) atoms. The molecule has 1 heterocycles. The summed E-state index contributed by atoms with van der Waals surface area (Å²) in [4.78, 5) is 3.99. The van der Waals surface area contributed by atoms with Crippen LogP contribution in [-0.4, -0.2) is 15.9 Å². The first kappa shape index (κ1) is 13.0. The number of hydrogen-bond donors (Lipinski definition) is 1. The summed E-state index contributed by atoms with van der Waals surface area (Å²) in [7, 11) is 0. The quantitative estimate of drug-likeness (QED) is 0.513. The van der Waals surface area contributed by atoms with Crippen LogP contribution in [0.3, 0.4) is 0 Å². The molecule has 0 aliphatic carbocycles. The highest BCUT2D eigenvalue weighted by atomic mass is 16.4. The van der Waals surface area contributed by atoms with Gasteiger partial charge in [-0.1, -0.05) is 35.0 Å². The van der Waals surface area contributed by atoms with Crippen molar-refractivity contribution in [3.05, 3.63) is 65.5 Å². The number of oxime groups is 1. The fourth-order valence-corrected chi connectivity index (χ4v) is 1.81. The van der Waals surface area contributed by atoms with Gasteiger partial charge in [0.2, 0.25) is 0 Å². The number of nitrogens with zero attached hydrogens (tertiary/aromatic N) is 2. The van der Waals surface area contributed by atoms with Gasteiger partial charge in [-0.15, -0.1) is 0 Å². The minimum absolute atomic E-state index is 0.584. The highest BCUT2D eigenvalue weighted by molar-refractivity contribution is 6.26. The molecule has 2 aromatic rings. The molecule has 3 nitrogen and oxygen atoms in total. The first-order chi connectivity index (χ1) is 9.20. The van der Waals surface area contributed by atoms with Crippen molar-refractivity contribution in [3.63, 3.8) is 0 Å². The van der Waals surface area contributed by atoms with Gasteiger partial charge in [0.05, 0.1) is 5.71 Å². The molecule has 96 valence electrons. The van der Waals surface area contributed by atoms with Gasteiger partial charge in [-0.2, -0.15) is 0 Å². The molecule has 1 N–H and O–H groups in total. The minimum atomic E-state index is 0.584. The Bertz CT molecular complexity index is 598. The lowest BCUT2D eigenvalue weighted by Crippen LogP contribution is -1.97. The molecule has 0 amide bonds. The molecule has 0 saturated heterocycles. The molecule has 0 spiro atoms. The molecule has 1 aromatic heterocycles. The van der Waals surface area contributed by atoms with E-state index in [9.17, 15) is 0 Å². The average Bonchev–Trinajstić information content (AvgIpc) is 2.46. The number of benzene rings is 1. The van der Waals surface area contributed by atoms with Crippen molar-refractivity contribution < 1.29 is 5.21 Å². The standard InChI is InChI=1S/C16H16N2O/c1-12-3-5-15(6-4-12)16(13(2)18-19)11-14-7-9-17-10-8-14/h3-11,19H,1-2H3/b16-11-,18-13+. The Morgan fingerprint density at radius 1 is 1.11 bits per heavy atom. The maximum atomic E-state index is 9.03. The van der Waals surface area contributed by atoms with Gasteiger partial charge >= 0.3 is 0 Å². The van der Waals surface area contributed by atoms with Crippen LogP contribution in [0.25, 0.3) is 11.6 Å². The van der Waals surface area contributed by atoms with E-state index in [1.807, 2.05) is 49.4 Å². The van der Waals surface area contributed by atoms with E-state index in [0.29, 0.717) is 5.71 Å². The van der Waals surface area contributed by atoms with Crippen molar-refractivity contribution in [2.45, 2.75) is 13.8 Å². The Labute approximate surface area is 112 Å². The third-order valence-corrected chi connectivity index (χ3v) is 2.92. The lowest BCUT2D eigenvalue weighted by atomic mass is 9.98. The topological polar surface area (TPSA) is 45.5 Å². The molecule has 2 rings (SSSR count). The van der Waals surface area contributed by atoms with Crippen LogP contribution in [0, 0.1) is 6.92 Å². The molecular weight excluding hydrogens is 236 g/mol. The summed E-state index contributed by atoms with van der Waals surface area (Å²) >= 11 is 0. The first-order valence-corrected chi connectivity index (χ1v) is 6.08. The number of pyridine rings is 1. The van der Waals surface area contributed by atoms with Gasteiger partial charge in [-0.25, -0.2) is 0 Å². The van der Waals surface area contributed by atoms with Crippen LogP contribution >= 0.6 is 0 Å². The second-order valence-corrected chi connectivity index (χ2v) is 4.39. The summed E-state index contributed by atoms with van der Waals surface area (Å²) in [5.41, 5.74) is 4.73. The van der Waals surface area contributed by atoms with Crippen LogP contribution in [0.15, 0.2) is 53.9 Å². The third-order valence-electron chi connectivity index (χ3n) is 2.92. The Kier molecular flexibility index (Phi) is 4.08. The highest BCUT2D eigenvalue weighted by Crippen LogP contribution is 2.20. The van der Waals surface area contributed by atoms with Crippen LogP contribution < -0.4 is 0 Å². The van der Waals surface area contributed by atoms with E-state index >= 15 is 0 Å². The van der Waals surface area contributed by atoms with Crippen molar-refractivity contribution in [2.75, 3.05) is 0 Å². The number of aromatic nitrogens is 1. The Morgan fingerprint density at radius 2 is 1.74 bits per heavy atom. The smallest absolute Gasteiger partial charge is 0.0843 e. The normalized spacial score (nSPS) is 12.5. The predicted molar refractivity (Wildman–Crippen MR) is 78.2 cm³/mol. The first-order valence-electron chi connectivity index (χ1n) is 6.08. The maximum absolute atomic E-state index is 9.03. The fourth-order valence-electron chi connectivity index (χ4n) is 1.81. The number of aryl methyl sites for hydroxylation is 1. The van der Waals surface area contributed by atoms with E-state index < -0.39 is 0 Å². The summed E-state index contributed by atoms with van der Waals surface area (Å²) < 4.78 is 0. The number of hydrogen-bond acceptors (Lipinski definition) is 3. The zero-order valence-corrected chi connectivity index (χ0v) is 11.0. The number of allylic oxidation sites excluding steroid dienone is 1. The summed E-state index contributed by atoms with van der Waals surface area (Å²) in [5, 5.41) is 12.4. The summed E-state index contributed by atoms with van der Waals surface area (Å²) in [6, 6.07) is 12.0. The molecule has 3 heteroatoms. The summed E-state index contributed by atoms with van der Waals surface area (Å²) in [6.45, 7) is 3.83. The van der Waals surface area contributed by atoms with Crippen molar-refractivity contribution in [3.8, 4) is 0 Å². The molecule has 0 fully saturated rings. The minimum Gasteiger partial charge on any atom is -0.411 e. The zero-order chi connectivity index (χ0) is 13.7. The fraction of sp³-hybridized carbons (Fsp3) is 0.125. The number of rotatable bonds is 3. The maximum Gasteiger partial charge on any atom is 0.0843 e. The van der Waals surface area contributed by atoms with E-state index in [-0.39, 0.29) is 0 Å². The SMILES string of the molecule is CC(=N\O)/C(=C/c1ccncc1)c1ccc(C)cc1. The van der Waals surface area contributed by atoms with E-state index in [1.54, 1.807) is 19.3 Å². The van der Waals surface area contributed by atoms with E-state index in [4.69, 9.17) is 5.21 Å². The molecular formula is C16H16N2O. The van der Waals surface area contributed by atoms with Crippen molar-refractivity contribution >= 4 is 17.4 Å². The average molecular weight is 252 g/mol. The molecule has 0 bridgehead atoms. The van der Waals surface area contributed by atoms with Crippen molar-refractivity contribution in [1.82, 2.24) is 4.98 Å². The summed E-state index contributed by atoms with van der Waals surface area (Å²) in [5.74, 6) is 0. The molecule has 0 aliphatic rings.